The fourth-order valence-electron chi connectivity index (χ4n) is 2.51. The number of aryl methyl sites for hydroxylation is 1. The highest BCUT2D eigenvalue weighted by molar-refractivity contribution is 5.72. The van der Waals surface area contributed by atoms with Crippen molar-refractivity contribution in [2.45, 2.75) is 13.5 Å². The molecule has 2 aromatic heterocycles. The van der Waals surface area contributed by atoms with E-state index in [9.17, 15) is 4.79 Å². The van der Waals surface area contributed by atoms with Gasteiger partial charge in [-0.05, 0) is 36.8 Å². The minimum Gasteiger partial charge on any atom is -0.493 e. The molecule has 0 atom stereocenters. The smallest absolute Gasteiger partial charge is 0.263 e. The summed E-state index contributed by atoms with van der Waals surface area (Å²) in [5, 5.41) is 0.513. The summed E-state index contributed by atoms with van der Waals surface area (Å²) in [6, 6.07) is 9.06. The number of fused-ring (bicyclic) bond motifs is 1. The normalized spacial score (nSPS) is 10.7. The Morgan fingerprint density at radius 2 is 1.91 bits per heavy atom. The molecule has 118 valence electrons. The first-order valence-corrected chi connectivity index (χ1v) is 7.17. The van der Waals surface area contributed by atoms with Gasteiger partial charge < -0.3 is 9.47 Å². The van der Waals surface area contributed by atoms with Crippen LogP contribution < -0.4 is 15.0 Å². The average Bonchev–Trinajstić information content (AvgIpc) is 2.58. The van der Waals surface area contributed by atoms with Crippen molar-refractivity contribution in [1.82, 2.24) is 14.5 Å². The van der Waals surface area contributed by atoms with Crippen LogP contribution in [0.25, 0.3) is 11.0 Å². The molecule has 0 spiro atoms. The second-order valence-electron chi connectivity index (χ2n) is 5.11. The van der Waals surface area contributed by atoms with Crippen molar-refractivity contribution in [3.8, 4) is 11.5 Å². The van der Waals surface area contributed by atoms with Gasteiger partial charge in [-0.1, -0.05) is 6.07 Å². The standard InChI is InChI=1S/C17H17N3O3/c1-11-19-16-13(5-4-8-18-16)17(21)20(11)10-12-6-7-14(22-2)15(9-12)23-3/h4-9H,10H2,1-3H3. The minimum absolute atomic E-state index is 0.101. The third-order valence-corrected chi connectivity index (χ3v) is 3.71. The molecule has 0 unspecified atom stereocenters. The van der Waals surface area contributed by atoms with E-state index in [4.69, 9.17) is 9.47 Å². The van der Waals surface area contributed by atoms with E-state index < -0.39 is 0 Å². The highest BCUT2D eigenvalue weighted by Gasteiger charge is 2.11. The lowest BCUT2D eigenvalue weighted by Gasteiger charge is -2.13. The average molecular weight is 311 g/mol. The number of ether oxygens (including phenoxy) is 2. The summed E-state index contributed by atoms with van der Waals surface area (Å²) in [4.78, 5) is 21.2. The van der Waals surface area contributed by atoms with Gasteiger partial charge >= 0.3 is 0 Å². The zero-order valence-electron chi connectivity index (χ0n) is 13.2. The Labute approximate surface area is 133 Å². The number of hydrogen-bond donors (Lipinski definition) is 0. The Hall–Kier alpha value is -2.89. The van der Waals surface area contributed by atoms with Crippen LogP contribution in [0, 0.1) is 6.92 Å². The molecule has 6 nitrogen and oxygen atoms in total. The van der Waals surface area contributed by atoms with Crippen molar-refractivity contribution in [2.24, 2.45) is 0 Å². The molecule has 0 bridgehead atoms. The van der Waals surface area contributed by atoms with E-state index in [1.54, 1.807) is 44.0 Å². The lowest BCUT2D eigenvalue weighted by molar-refractivity contribution is 0.354. The van der Waals surface area contributed by atoms with Gasteiger partial charge in [0.05, 0.1) is 26.2 Å². The molecule has 0 radical (unpaired) electrons. The van der Waals surface area contributed by atoms with Crippen molar-refractivity contribution in [3.63, 3.8) is 0 Å². The van der Waals surface area contributed by atoms with Crippen LogP contribution in [-0.4, -0.2) is 28.8 Å². The molecule has 6 heteroatoms. The Balaban J connectivity index is 2.07. The highest BCUT2D eigenvalue weighted by atomic mass is 16.5. The molecule has 0 amide bonds. The van der Waals surface area contributed by atoms with Gasteiger partial charge in [0, 0.05) is 6.20 Å². The van der Waals surface area contributed by atoms with Crippen molar-refractivity contribution < 1.29 is 9.47 Å². The fourth-order valence-corrected chi connectivity index (χ4v) is 2.51. The van der Waals surface area contributed by atoms with Gasteiger partial charge in [-0.2, -0.15) is 0 Å². The first-order chi connectivity index (χ1) is 11.1. The molecule has 0 aliphatic rings. The van der Waals surface area contributed by atoms with E-state index in [2.05, 4.69) is 9.97 Å². The van der Waals surface area contributed by atoms with Gasteiger partial charge in [-0.25, -0.2) is 9.97 Å². The molecule has 3 aromatic rings. The third kappa shape index (κ3) is 2.75. The Morgan fingerprint density at radius 1 is 1.13 bits per heavy atom. The molecule has 1 aromatic carbocycles. The van der Waals surface area contributed by atoms with Crippen LogP contribution in [-0.2, 0) is 6.54 Å². The van der Waals surface area contributed by atoms with E-state index >= 15 is 0 Å². The van der Waals surface area contributed by atoms with Crippen LogP contribution >= 0.6 is 0 Å². The quantitative estimate of drug-likeness (QED) is 0.739. The number of aromatic nitrogens is 3. The highest BCUT2D eigenvalue weighted by Crippen LogP contribution is 2.27. The number of hydrogen-bond acceptors (Lipinski definition) is 5. The lowest BCUT2D eigenvalue weighted by Crippen LogP contribution is -2.24. The van der Waals surface area contributed by atoms with Crippen molar-refractivity contribution in [1.29, 1.82) is 0 Å². The second kappa shape index (κ2) is 6.08. The maximum Gasteiger partial charge on any atom is 0.263 e. The third-order valence-electron chi connectivity index (χ3n) is 3.71. The van der Waals surface area contributed by atoms with Crippen LogP contribution in [0.1, 0.15) is 11.4 Å². The minimum atomic E-state index is -0.101. The number of nitrogens with zero attached hydrogens (tertiary/aromatic N) is 3. The van der Waals surface area contributed by atoms with E-state index in [0.29, 0.717) is 34.9 Å². The van der Waals surface area contributed by atoms with Crippen LogP contribution in [0.5, 0.6) is 11.5 Å². The molecule has 0 aliphatic heterocycles. The molecule has 0 N–H and O–H groups in total. The first kappa shape index (κ1) is 15.0. The Morgan fingerprint density at radius 3 is 2.65 bits per heavy atom. The molecule has 0 saturated heterocycles. The molecule has 0 fully saturated rings. The number of pyridine rings is 1. The predicted octanol–water partition coefficient (Wildman–Crippen LogP) is 2.17. The summed E-state index contributed by atoms with van der Waals surface area (Å²) in [6.45, 7) is 2.21. The van der Waals surface area contributed by atoms with Gasteiger partial charge in [0.25, 0.3) is 5.56 Å². The van der Waals surface area contributed by atoms with E-state index in [0.717, 1.165) is 5.56 Å². The van der Waals surface area contributed by atoms with Gasteiger partial charge in [0.1, 0.15) is 5.82 Å². The summed E-state index contributed by atoms with van der Waals surface area (Å²) in [6.07, 6.45) is 1.63. The first-order valence-electron chi connectivity index (χ1n) is 7.17. The maximum absolute atomic E-state index is 12.7. The van der Waals surface area contributed by atoms with Crippen molar-refractivity contribution in [2.75, 3.05) is 14.2 Å². The van der Waals surface area contributed by atoms with Crippen LogP contribution in [0.15, 0.2) is 41.3 Å². The summed E-state index contributed by atoms with van der Waals surface area (Å²) in [5.41, 5.74) is 1.30. The van der Waals surface area contributed by atoms with Gasteiger partial charge in [-0.15, -0.1) is 0 Å². The molecule has 2 heterocycles. The zero-order valence-corrected chi connectivity index (χ0v) is 13.2. The van der Waals surface area contributed by atoms with Crippen molar-refractivity contribution >= 4 is 11.0 Å². The molecule has 0 saturated carbocycles. The predicted molar refractivity (Wildman–Crippen MR) is 87.2 cm³/mol. The van der Waals surface area contributed by atoms with Crippen LogP contribution in [0.2, 0.25) is 0 Å². The fraction of sp³-hybridized carbons (Fsp3) is 0.235. The van der Waals surface area contributed by atoms with Gasteiger partial charge in [-0.3, -0.25) is 9.36 Å². The number of rotatable bonds is 4. The number of methoxy groups -OCH3 is 2. The monoisotopic (exact) mass is 311 g/mol. The summed E-state index contributed by atoms with van der Waals surface area (Å²) >= 11 is 0. The van der Waals surface area contributed by atoms with E-state index in [1.807, 2.05) is 18.2 Å². The summed E-state index contributed by atoms with van der Waals surface area (Å²) < 4.78 is 12.2. The molecule has 0 aliphatic carbocycles. The second-order valence-corrected chi connectivity index (χ2v) is 5.11. The van der Waals surface area contributed by atoms with E-state index in [1.165, 1.54) is 0 Å². The molecular weight excluding hydrogens is 294 g/mol. The molecule has 23 heavy (non-hydrogen) atoms. The van der Waals surface area contributed by atoms with Gasteiger partial charge in [0.2, 0.25) is 0 Å². The number of benzene rings is 1. The zero-order chi connectivity index (χ0) is 16.4. The van der Waals surface area contributed by atoms with E-state index in [-0.39, 0.29) is 5.56 Å². The Kier molecular flexibility index (Phi) is 3.97. The largest absolute Gasteiger partial charge is 0.493 e. The van der Waals surface area contributed by atoms with Crippen LogP contribution in [0.4, 0.5) is 0 Å². The maximum atomic E-state index is 12.7. The Bertz CT molecular complexity index is 919. The summed E-state index contributed by atoms with van der Waals surface area (Å²) in [7, 11) is 3.18. The van der Waals surface area contributed by atoms with Crippen molar-refractivity contribution in [3.05, 3.63) is 58.3 Å². The SMILES string of the molecule is COc1ccc(Cn2c(C)nc3ncccc3c2=O)cc1OC. The van der Waals surface area contributed by atoms with Gasteiger partial charge in [0.15, 0.2) is 17.1 Å². The lowest BCUT2D eigenvalue weighted by atomic mass is 10.2. The summed E-state index contributed by atoms with van der Waals surface area (Å²) in [5.74, 6) is 1.91. The van der Waals surface area contributed by atoms with Crippen LogP contribution in [0.3, 0.4) is 0 Å². The topological polar surface area (TPSA) is 66.2 Å². The molecule has 3 rings (SSSR count). The molecular formula is C17H17N3O3.